The number of nitrogens with zero attached hydrogens (tertiary/aromatic N) is 1. The molecule has 0 aromatic heterocycles. The molecule has 0 radical (unpaired) electrons. The molecule has 4 aromatic rings. The molecule has 1 amide bonds. The monoisotopic (exact) mass is 482 g/mol. The zero-order chi connectivity index (χ0) is 24.8. The smallest absolute Gasteiger partial charge is 0.343 e. The van der Waals surface area contributed by atoms with Crippen molar-refractivity contribution in [3.63, 3.8) is 0 Å². The number of benzene rings is 4. The van der Waals surface area contributed by atoms with Crippen molar-refractivity contribution in [1.82, 2.24) is 0 Å². The van der Waals surface area contributed by atoms with Gasteiger partial charge in [0.25, 0.3) is 5.91 Å². The molecule has 0 saturated heterocycles. The van der Waals surface area contributed by atoms with E-state index in [9.17, 15) is 14.9 Å². The number of esters is 1. The minimum Gasteiger partial charge on any atom is -0.497 e. The van der Waals surface area contributed by atoms with Crippen molar-refractivity contribution in [2.24, 2.45) is 0 Å². The normalized spacial score (nSPS) is 10.9. The minimum absolute atomic E-state index is 0.100. The highest BCUT2D eigenvalue weighted by Crippen LogP contribution is 2.28. The predicted molar refractivity (Wildman–Crippen MR) is 136 cm³/mol. The maximum absolute atomic E-state index is 12.8. The zero-order valence-electron chi connectivity index (χ0n) is 18.6. The maximum atomic E-state index is 12.8. The summed E-state index contributed by atoms with van der Waals surface area (Å²) in [6.45, 7) is 0. The third kappa shape index (κ3) is 5.49. The van der Waals surface area contributed by atoms with E-state index in [0.717, 1.165) is 10.8 Å². The number of rotatable bonds is 6. The molecule has 0 unspecified atom stereocenters. The maximum Gasteiger partial charge on any atom is 0.343 e. The largest absolute Gasteiger partial charge is 0.497 e. The number of nitriles is 1. The Kier molecular flexibility index (Phi) is 7.10. The fourth-order valence-electron chi connectivity index (χ4n) is 3.41. The summed E-state index contributed by atoms with van der Waals surface area (Å²) >= 11 is 6.30. The van der Waals surface area contributed by atoms with Crippen molar-refractivity contribution in [3.8, 4) is 17.6 Å². The van der Waals surface area contributed by atoms with Gasteiger partial charge in [-0.1, -0.05) is 54.1 Å². The van der Waals surface area contributed by atoms with Crippen molar-refractivity contribution >= 4 is 46.0 Å². The molecule has 4 rings (SSSR count). The number of anilines is 1. The molecule has 0 spiro atoms. The first-order chi connectivity index (χ1) is 17.0. The predicted octanol–water partition coefficient (Wildman–Crippen LogP) is 6.27. The van der Waals surface area contributed by atoms with Crippen LogP contribution in [-0.4, -0.2) is 19.0 Å². The second-order valence-electron chi connectivity index (χ2n) is 7.46. The first-order valence-electron chi connectivity index (χ1n) is 10.5. The lowest BCUT2D eigenvalue weighted by atomic mass is 10.1. The Labute approximate surface area is 207 Å². The van der Waals surface area contributed by atoms with Crippen LogP contribution < -0.4 is 14.8 Å². The third-order valence-corrected chi connectivity index (χ3v) is 5.49. The van der Waals surface area contributed by atoms with Crippen LogP contribution in [0.15, 0.2) is 90.5 Å². The number of fused-ring (bicyclic) bond motifs is 1. The lowest BCUT2D eigenvalue weighted by Crippen LogP contribution is -2.13. The van der Waals surface area contributed by atoms with E-state index in [2.05, 4.69) is 5.32 Å². The van der Waals surface area contributed by atoms with Crippen LogP contribution in [0.25, 0.3) is 16.8 Å². The number of hydrogen-bond acceptors (Lipinski definition) is 5. The van der Waals surface area contributed by atoms with Gasteiger partial charge in [0.1, 0.15) is 23.1 Å². The summed E-state index contributed by atoms with van der Waals surface area (Å²) in [6, 6.07) is 26.2. The van der Waals surface area contributed by atoms with Crippen LogP contribution in [0.5, 0.6) is 11.5 Å². The van der Waals surface area contributed by atoms with Crippen molar-refractivity contribution < 1.29 is 19.1 Å². The molecule has 0 aliphatic rings. The van der Waals surface area contributed by atoms with Gasteiger partial charge in [-0.2, -0.15) is 5.26 Å². The van der Waals surface area contributed by atoms with Gasteiger partial charge in [0.15, 0.2) is 0 Å². The fraction of sp³-hybridized carbons (Fsp3) is 0.0357. The van der Waals surface area contributed by atoms with Gasteiger partial charge in [-0.3, -0.25) is 4.79 Å². The van der Waals surface area contributed by atoms with Gasteiger partial charge in [-0.05, 0) is 59.5 Å². The van der Waals surface area contributed by atoms with Gasteiger partial charge in [-0.15, -0.1) is 0 Å². The Bertz CT molecular complexity index is 1480. The van der Waals surface area contributed by atoms with E-state index in [-0.39, 0.29) is 16.3 Å². The lowest BCUT2D eigenvalue weighted by Gasteiger charge is -2.09. The standard InChI is InChI=1S/C28H19ClN2O4/c1-34-22-12-10-20(11-13-22)28(33)35-26-14-9-18(16-24(26)29)15-21(17-30)27(32)31-25-8-4-6-19-5-2-3-7-23(19)25/h2-16H,1H3,(H,31,32)/b21-15+. The van der Waals surface area contributed by atoms with Gasteiger partial charge in [0.2, 0.25) is 0 Å². The number of methoxy groups -OCH3 is 1. The van der Waals surface area contributed by atoms with Crippen LogP contribution in [0.2, 0.25) is 5.02 Å². The highest BCUT2D eigenvalue weighted by Gasteiger charge is 2.14. The molecule has 0 fully saturated rings. The topological polar surface area (TPSA) is 88.4 Å². The van der Waals surface area contributed by atoms with Gasteiger partial charge in [-0.25, -0.2) is 4.79 Å². The molecule has 172 valence electrons. The van der Waals surface area contributed by atoms with Crippen molar-refractivity contribution in [3.05, 3.63) is 107 Å². The molecule has 0 aliphatic heterocycles. The number of ether oxygens (including phenoxy) is 2. The molecule has 7 heteroatoms. The van der Waals surface area contributed by atoms with E-state index >= 15 is 0 Å². The summed E-state index contributed by atoms with van der Waals surface area (Å²) in [4.78, 5) is 25.2. The van der Waals surface area contributed by atoms with Gasteiger partial charge < -0.3 is 14.8 Å². The molecule has 0 atom stereocenters. The summed E-state index contributed by atoms with van der Waals surface area (Å²) in [5.41, 5.74) is 1.34. The van der Waals surface area contributed by atoms with E-state index < -0.39 is 11.9 Å². The SMILES string of the molecule is COc1ccc(C(=O)Oc2ccc(/C=C(\C#N)C(=O)Nc3cccc4ccccc34)cc2Cl)cc1. The molecular weight excluding hydrogens is 464 g/mol. The molecule has 0 bridgehead atoms. The van der Waals surface area contributed by atoms with Gasteiger partial charge >= 0.3 is 5.97 Å². The quantitative estimate of drug-likeness (QED) is 0.151. The average Bonchev–Trinajstić information content (AvgIpc) is 2.89. The third-order valence-electron chi connectivity index (χ3n) is 5.20. The Morgan fingerprint density at radius 2 is 1.71 bits per heavy atom. The van der Waals surface area contributed by atoms with E-state index in [4.69, 9.17) is 21.1 Å². The first kappa shape index (κ1) is 23.6. The minimum atomic E-state index is -0.579. The van der Waals surface area contributed by atoms with Crippen LogP contribution in [0.3, 0.4) is 0 Å². The Morgan fingerprint density at radius 1 is 0.971 bits per heavy atom. The molecule has 35 heavy (non-hydrogen) atoms. The highest BCUT2D eigenvalue weighted by atomic mass is 35.5. The fourth-order valence-corrected chi connectivity index (χ4v) is 3.64. The first-order valence-corrected chi connectivity index (χ1v) is 10.9. The molecule has 6 nitrogen and oxygen atoms in total. The number of hydrogen-bond donors (Lipinski definition) is 1. The van der Waals surface area contributed by atoms with Crippen LogP contribution in [0.4, 0.5) is 5.69 Å². The van der Waals surface area contributed by atoms with Gasteiger partial charge in [0.05, 0.1) is 17.7 Å². The zero-order valence-corrected chi connectivity index (χ0v) is 19.4. The molecule has 4 aromatic carbocycles. The number of carbonyl (C=O) groups is 2. The Balaban J connectivity index is 1.50. The Morgan fingerprint density at radius 3 is 2.43 bits per heavy atom. The average molecular weight is 483 g/mol. The Hall–Kier alpha value is -4.60. The van der Waals surface area contributed by atoms with Crippen molar-refractivity contribution in [2.45, 2.75) is 0 Å². The second kappa shape index (κ2) is 10.6. The molecular formula is C28H19ClN2O4. The van der Waals surface area contributed by atoms with E-state index in [0.29, 0.717) is 22.6 Å². The number of amides is 1. The summed E-state index contributed by atoms with van der Waals surface area (Å²) in [6.07, 6.45) is 1.42. The summed E-state index contributed by atoms with van der Waals surface area (Å²) in [5, 5.41) is 14.4. The van der Waals surface area contributed by atoms with E-state index in [1.54, 1.807) is 36.4 Å². The number of carbonyl (C=O) groups excluding carboxylic acids is 2. The van der Waals surface area contributed by atoms with Crippen molar-refractivity contribution in [2.75, 3.05) is 12.4 Å². The highest BCUT2D eigenvalue weighted by molar-refractivity contribution is 6.32. The second-order valence-corrected chi connectivity index (χ2v) is 7.87. The summed E-state index contributed by atoms with van der Waals surface area (Å²) in [5.74, 6) is -0.350. The van der Waals surface area contributed by atoms with Crippen LogP contribution in [0.1, 0.15) is 15.9 Å². The molecule has 0 aliphatic carbocycles. The van der Waals surface area contributed by atoms with Crippen LogP contribution in [-0.2, 0) is 4.79 Å². The van der Waals surface area contributed by atoms with E-state index in [1.807, 2.05) is 42.5 Å². The van der Waals surface area contributed by atoms with E-state index in [1.165, 1.54) is 25.3 Å². The van der Waals surface area contributed by atoms with Crippen LogP contribution >= 0.6 is 11.6 Å². The summed E-state index contributed by atoms with van der Waals surface area (Å²) in [7, 11) is 1.54. The summed E-state index contributed by atoms with van der Waals surface area (Å²) < 4.78 is 10.5. The molecule has 1 N–H and O–H groups in total. The van der Waals surface area contributed by atoms with Crippen molar-refractivity contribution in [1.29, 1.82) is 5.26 Å². The molecule has 0 heterocycles. The van der Waals surface area contributed by atoms with Crippen LogP contribution in [0, 0.1) is 11.3 Å². The lowest BCUT2D eigenvalue weighted by molar-refractivity contribution is -0.112. The molecule has 0 saturated carbocycles. The number of halogens is 1. The van der Waals surface area contributed by atoms with Gasteiger partial charge in [0, 0.05) is 11.1 Å². The number of nitrogens with one attached hydrogen (secondary N) is 1.